The van der Waals surface area contributed by atoms with E-state index in [-0.39, 0.29) is 24.8 Å². The SMILES string of the molecule is NNC(Cc1cccc(Br)c1)C1CCC(F)(F)CC1. The maximum absolute atomic E-state index is 13.2. The van der Waals surface area contributed by atoms with Gasteiger partial charge >= 0.3 is 0 Å². The highest BCUT2D eigenvalue weighted by Gasteiger charge is 2.37. The minimum Gasteiger partial charge on any atom is -0.271 e. The molecule has 0 spiro atoms. The van der Waals surface area contributed by atoms with Crippen molar-refractivity contribution in [2.24, 2.45) is 11.8 Å². The van der Waals surface area contributed by atoms with Gasteiger partial charge in [0.2, 0.25) is 5.92 Å². The Hall–Kier alpha value is -0.520. The molecule has 1 fully saturated rings. The molecule has 0 radical (unpaired) electrons. The molecule has 2 rings (SSSR count). The topological polar surface area (TPSA) is 38.0 Å². The fourth-order valence-corrected chi connectivity index (χ4v) is 3.19. The summed E-state index contributed by atoms with van der Waals surface area (Å²) in [5.41, 5.74) is 3.97. The number of hydrogen-bond donors (Lipinski definition) is 2. The Kier molecular flexibility index (Phi) is 4.92. The molecule has 0 aromatic heterocycles. The first-order chi connectivity index (χ1) is 9.00. The van der Waals surface area contributed by atoms with E-state index in [1.807, 2.05) is 24.3 Å². The summed E-state index contributed by atoms with van der Waals surface area (Å²) in [6, 6.07) is 8.08. The molecule has 1 saturated carbocycles. The van der Waals surface area contributed by atoms with Gasteiger partial charge in [-0.1, -0.05) is 28.1 Å². The maximum atomic E-state index is 13.2. The first-order valence-corrected chi connectivity index (χ1v) is 7.38. The first kappa shape index (κ1) is 14.9. The Balaban J connectivity index is 1.97. The van der Waals surface area contributed by atoms with Gasteiger partial charge in [0, 0.05) is 23.4 Å². The van der Waals surface area contributed by atoms with Gasteiger partial charge in [0.25, 0.3) is 0 Å². The summed E-state index contributed by atoms with van der Waals surface area (Å²) in [5.74, 6) is 3.35. The van der Waals surface area contributed by atoms with E-state index >= 15 is 0 Å². The number of rotatable bonds is 4. The molecule has 1 aliphatic rings. The van der Waals surface area contributed by atoms with E-state index in [2.05, 4.69) is 21.4 Å². The van der Waals surface area contributed by atoms with Gasteiger partial charge in [-0.2, -0.15) is 0 Å². The van der Waals surface area contributed by atoms with Crippen LogP contribution in [0.5, 0.6) is 0 Å². The van der Waals surface area contributed by atoms with Gasteiger partial charge in [-0.3, -0.25) is 11.3 Å². The molecule has 2 nitrogen and oxygen atoms in total. The molecule has 19 heavy (non-hydrogen) atoms. The summed E-state index contributed by atoms with van der Waals surface area (Å²) >= 11 is 3.43. The number of alkyl halides is 2. The van der Waals surface area contributed by atoms with Crippen LogP contribution in [0.1, 0.15) is 31.2 Å². The van der Waals surface area contributed by atoms with Gasteiger partial charge in [-0.05, 0) is 42.9 Å². The average Bonchev–Trinajstić information content (AvgIpc) is 2.36. The van der Waals surface area contributed by atoms with Crippen LogP contribution in [0.3, 0.4) is 0 Å². The Morgan fingerprint density at radius 2 is 2.05 bits per heavy atom. The predicted molar refractivity (Wildman–Crippen MR) is 75.9 cm³/mol. The molecule has 0 saturated heterocycles. The monoisotopic (exact) mass is 332 g/mol. The summed E-state index contributed by atoms with van der Waals surface area (Å²) in [7, 11) is 0. The molecular formula is C14H19BrF2N2. The lowest BCUT2D eigenvalue weighted by molar-refractivity contribution is -0.0495. The minimum atomic E-state index is -2.48. The van der Waals surface area contributed by atoms with E-state index in [4.69, 9.17) is 5.84 Å². The summed E-state index contributed by atoms with van der Waals surface area (Å²) in [4.78, 5) is 0. The van der Waals surface area contributed by atoms with Crippen molar-refractivity contribution in [2.75, 3.05) is 0 Å². The zero-order valence-corrected chi connectivity index (χ0v) is 12.3. The van der Waals surface area contributed by atoms with Crippen LogP contribution in [-0.4, -0.2) is 12.0 Å². The minimum absolute atomic E-state index is 0.0195. The number of benzene rings is 1. The molecule has 3 N–H and O–H groups in total. The lowest BCUT2D eigenvalue weighted by atomic mass is 9.80. The fraction of sp³-hybridized carbons (Fsp3) is 0.571. The van der Waals surface area contributed by atoms with Crippen molar-refractivity contribution in [1.29, 1.82) is 0 Å². The molecule has 1 aromatic rings. The van der Waals surface area contributed by atoms with Crippen molar-refractivity contribution in [2.45, 2.75) is 44.1 Å². The van der Waals surface area contributed by atoms with Gasteiger partial charge < -0.3 is 0 Å². The quantitative estimate of drug-likeness (QED) is 0.652. The summed E-state index contributed by atoms with van der Waals surface area (Å²) in [5, 5.41) is 0. The van der Waals surface area contributed by atoms with Crippen LogP contribution in [0.25, 0.3) is 0 Å². The fourth-order valence-electron chi connectivity index (χ4n) is 2.74. The third-order valence-corrected chi connectivity index (χ3v) is 4.38. The first-order valence-electron chi connectivity index (χ1n) is 6.58. The summed E-state index contributed by atoms with van der Waals surface area (Å²) < 4.78 is 27.4. The van der Waals surface area contributed by atoms with Crippen LogP contribution < -0.4 is 11.3 Å². The summed E-state index contributed by atoms with van der Waals surface area (Å²) in [6.45, 7) is 0. The molecule has 1 atom stereocenters. The standard InChI is InChI=1S/C14H19BrF2N2/c15-12-3-1-2-10(8-12)9-13(19-18)11-4-6-14(16,17)7-5-11/h1-3,8,11,13,19H,4-7,9,18H2. The van der Waals surface area contributed by atoms with E-state index in [1.165, 1.54) is 0 Å². The van der Waals surface area contributed by atoms with Crippen LogP contribution in [-0.2, 0) is 6.42 Å². The molecule has 0 aliphatic heterocycles. The number of hydrazine groups is 1. The van der Waals surface area contributed by atoms with E-state index < -0.39 is 5.92 Å². The Labute approximate surface area is 120 Å². The third-order valence-electron chi connectivity index (χ3n) is 3.89. The molecule has 5 heteroatoms. The zero-order valence-electron chi connectivity index (χ0n) is 10.7. The number of nitrogens with two attached hydrogens (primary N) is 1. The summed E-state index contributed by atoms with van der Waals surface area (Å²) in [6.07, 6.45) is 1.81. The lowest BCUT2D eigenvalue weighted by Crippen LogP contribution is -2.44. The molecule has 0 bridgehead atoms. The molecule has 106 valence electrons. The molecule has 0 heterocycles. The largest absolute Gasteiger partial charge is 0.271 e. The lowest BCUT2D eigenvalue weighted by Gasteiger charge is -2.33. The molecule has 0 amide bonds. The van der Waals surface area contributed by atoms with Crippen molar-refractivity contribution in [1.82, 2.24) is 5.43 Å². The second kappa shape index (κ2) is 6.29. The van der Waals surface area contributed by atoms with Crippen molar-refractivity contribution in [3.8, 4) is 0 Å². The third kappa shape index (κ3) is 4.23. The second-order valence-electron chi connectivity index (χ2n) is 5.30. The molecule has 1 aliphatic carbocycles. The van der Waals surface area contributed by atoms with E-state index in [0.717, 1.165) is 16.5 Å². The van der Waals surface area contributed by atoms with Crippen LogP contribution in [0.4, 0.5) is 8.78 Å². The van der Waals surface area contributed by atoms with Gasteiger partial charge in [0.1, 0.15) is 0 Å². The molecular weight excluding hydrogens is 314 g/mol. The van der Waals surface area contributed by atoms with E-state index in [9.17, 15) is 8.78 Å². The Morgan fingerprint density at radius 1 is 1.37 bits per heavy atom. The van der Waals surface area contributed by atoms with Crippen LogP contribution >= 0.6 is 15.9 Å². The smallest absolute Gasteiger partial charge is 0.248 e. The van der Waals surface area contributed by atoms with E-state index in [0.29, 0.717) is 12.8 Å². The van der Waals surface area contributed by atoms with Crippen molar-refractivity contribution in [3.63, 3.8) is 0 Å². The highest BCUT2D eigenvalue weighted by atomic mass is 79.9. The average molecular weight is 333 g/mol. The molecule has 1 unspecified atom stereocenters. The Bertz CT molecular complexity index is 416. The van der Waals surface area contributed by atoms with Crippen LogP contribution in [0, 0.1) is 5.92 Å². The van der Waals surface area contributed by atoms with E-state index in [1.54, 1.807) is 0 Å². The van der Waals surface area contributed by atoms with Crippen LogP contribution in [0.2, 0.25) is 0 Å². The highest BCUT2D eigenvalue weighted by molar-refractivity contribution is 9.10. The maximum Gasteiger partial charge on any atom is 0.248 e. The molecule has 1 aromatic carbocycles. The number of hydrogen-bond acceptors (Lipinski definition) is 2. The predicted octanol–water partition coefficient (Wildman–Crippen LogP) is 3.65. The van der Waals surface area contributed by atoms with Crippen LogP contribution in [0.15, 0.2) is 28.7 Å². The second-order valence-corrected chi connectivity index (χ2v) is 6.22. The van der Waals surface area contributed by atoms with Crippen molar-refractivity contribution >= 4 is 15.9 Å². The van der Waals surface area contributed by atoms with Gasteiger partial charge in [-0.15, -0.1) is 0 Å². The number of halogens is 3. The highest BCUT2D eigenvalue weighted by Crippen LogP contribution is 2.37. The van der Waals surface area contributed by atoms with Crippen molar-refractivity contribution in [3.05, 3.63) is 34.3 Å². The normalized spacial score (nSPS) is 21.3. The Morgan fingerprint density at radius 3 is 2.63 bits per heavy atom. The number of nitrogens with one attached hydrogen (secondary N) is 1. The van der Waals surface area contributed by atoms with Gasteiger partial charge in [-0.25, -0.2) is 8.78 Å². The van der Waals surface area contributed by atoms with Gasteiger partial charge in [0.15, 0.2) is 0 Å². The van der Waals surface area contributed by atoms with Crippen molar-refractivity contribution < 1.29 is 8.78 Å². The van der Waals surface area contributed by atoms with Gasteiger partial charge in [0.05, 0.1) is 0 Å². The zero-order chi connectivity index (χ0) is 13.9.